The number of hydrogen-bond acceptors (Lipinski definition) is 2. The molecule has 0 bridgehead atoms. The summed E-state index contributed by atoms with van der Waals surface area (Å²) in [4.78, 5) is 10.4. The molecule has 46 valence electrons. The molecule has 1 aliphatic carbocycles. The van der Waals surface area contributed by atoms with Crippen molar-refractivity contribution in [1.82, 2.24) is 0 Å². The van der Waals surface area contributed by atoms with Gasteiger partial charge in [-0.2, -0.15) is 0 Å². The molecule has 0 aromatic carbocycles. The Morgan fingerprint density at radius 2 is 2.50 bits per heavy atom. The Bertz CT molecular complexity index is 113. The largest absolute Gasteiger partial charge is 0.379 e. The summed E-state index contributed by atoms with van der Waals surface area (Å²) in [7, 11) is 1.56. The minimum atomic E-state index is -0.375. The van der Waals surface area contributed by atoms with Crippen LogP contribution in [-0.4, -0.2) is 24.4 Å². The van der Waals surface area contributed by atoms with Gasteiger partial charge in [-0.25, -0.2) is 0 Å². The lowest BCUT2D eigenvalue weighted by Crippen LogP contribution is -2.44. The quantitative estimate of drug-likeness (QED) is 0.491. The van der Waals surface area contributed by atoms with Crippen LogP contribution in [0.15, 0.2) is 0 Å². The van der Waals surface area contributed by atoms with Crippen LogP contribution in [0, 0.1) is 0 Å². The van der Waals surface area contributed by atoms with E-state index < -0.39 is 0 Å². The van der Waals surface area contributed by atoms with Gasteiger partial charge in [0.1, 0.15) is 5.38 Å². The molecule has 1 rings (SSSR count). The molecule has 0 N–H and O–H groups in total. The molecular weight excluding hydrogens is 128 g/mol. The number of alkyl halides is 1. The number of methoxy groups -OCH3 is 1. The van der Waals surface area contributed by atoms with E-state index in [0.717, 1.165) is 0 Å². The number of Topliss-reactive ketones (excluding diaryl/α,β-unsaturated/α-hetero) is 1. The molecule has 3 heteroatoms. The highest BCUT2D eigenvalue weighted by atomic mass is 35.5. The summed E-state index contributed by atoms with van der Waals surface area (Å²) in [5.41, 5.74) is 0. The zero-order valence-corrected chi connectivity index (χ0v) is 5.31. The fraction of sp³-hybridized carbons (Fsp3) is 0.800. The molecular formula is C5H7ClO2. The van der Waals surface area contributed by atoms with E-state index in [4.69, 9.17) is 16.3 Å². The second kappa shape index (κ2) is 2.03. The van der Waals surface area contributed by atoms with E-state index in [0.29, 0.717) is 6.42 Å². The molecule has 1 aliphatic rings. The van der Waals surface area contributed by atoms with Gasteiger partial charge < -0.3 is 4.74 Å². The molecule has 0 spiro atoms. The smallest absolute Gasteiger partial charge is 0.156 e. The highest BCUT2D eigenvalue weighted by molar-refractivity contribution is 6.34. The van der Waals surface area contributed by atoms with Gasteiger partial charge in [0.2, 0.25) is 0 Å². The Morgan fingerprint density at radius 3 is 2.62 bits per heavy atom. The van der Waals surface area contributed by atoms with Crippen molar-refractivity contribution in [1.29, 1.82) is 0 Å². The zero-order chi connectivity index (χ0) is 6.15. The predicted molar refractivity (Wildman–Crippen MR) is 30.1 cm³/mol. The molecule has 2 nitrogen and oxygen atoms in total. The van der Waals surface area contributed by atoms with Crippen LogP contribution in [-0.2, 0) is 9.53 Å². The predicted octanol–water partition coefficient (Wildman–Crippen LogP) is 0.582. The van der Waals surface area contributed by atoms with Gasteiger partial charge in [0.15, 0.2) is 5.78 Å². The first-order chi connectivity index (χ1) is 3.75. The standard InChI is InChI=1S/C5H7ClO2/c1-8-4-2-3(7)5(4)6/h4-5H,2H2,1H3/t4-,5-/m0/s1. The van der Waals surface area contributed by atoms with Crippen LogP contribution in [0.1, 0.15) is 6.42 Å². The maximum Gasteiger partial charge on any atom is 0.156 e. The molecule has 0 radical (unpaired) electrons. The SMILES string of the molecule is CO[C@H]1CC(=O)[C@@H]1Cl. The van der Waals surface area contributed by atoms with E-state index in [9.17, 15) is 4.79 Å². The van der Waals surface area contributed by atoms with Crippen molar-refractivity contribution in [2.75, 3.05) is 7.11 Å². The van der Waals surface area contributed by atoms with Gasteiger partial charge in [-0.3, -0.25) is 4.79 Å². The third kappa shape index (κ3) is 0.740. The molecule has 1 saturated carbocycles. The van der Waals surface area contributed by atoms with Crippen molar-refractivity contribution in [2.24, 2.45) is 0 Å². The fourth-order valence-electron chi connectivity index (χ4n) is 0.664. The monoisotopic (exact) mass is 134 g/mol. The second-order valence-electron chi connectivity index (χ2n) is 1.85. The van der Waals surface area contributed by atoms with Gasteiger partial charge in [-0.1, -0.05) is 0 Å². The molecule has 0 saturated heterocycles. The van der Waals surface area contributed by atoms with E-state index in [1.807, 2.05) is 0 Å². The first-order valence-electron chi connectivity index (χ1n) is 2.45. The van der Waals surface area contributed by atoms with Gasteiger partial charge in [-0.15, -0.1) is 11.6 Å². The maximum atomic E-state index is 10.4. The summed E-state index contributed by atoms with van der Waals surface area (Å²) < 4.78 is 4.82. The third-order valence-electron chi connectivity index (χ3n) is 1.34. The van der Waals surface area contributed by atoms with Gasteiger partial charge in [0.05, 0.1) is 6.10 Å². The molecule has 1 fully saturated rings. The number of hydrogen-bond donors (Lipinski definition) is 0. The summed E-state index contributed by atoms with van der Waals surface area (Å²) in [5.74, 6) is 0.0958. The lowest BCUT2D eigenvalue weighted by molar-refractivity contribution is -0.131. The molecule has 0 aromatic heterocycles. The van der Waals surface area contributed by atoms with Crippen molar-refractivity contribution in [3.05, 3.63) is 0 Å². The van der Waals surface area contributed by atoms with E-state index >= 15 is 0 Å². The third-order valence-corrected chi connectivity index (χ3v) is 1.86. The summed E-state index contributed by atoms with van der Waals surface area (Å²) in [6.45, 7) is 0. The van der Waals surface area contributed by atoms with Gasteiger partial charge in [0.25, 0.3) is 0 Å². The van der Waals surface area contributed by atoms with Crippen molar-refractivity contribution in [2.45, 2.75) is 17.9 Å². The Hall–Kier alpha value is -0.0800. The summed E-state index contributed by atoms with van der Waals surface area (Å²) >= 11 is 5.49. The van der Waals surface area contributed by atoms with Crippen LogP contribution < -0.4 is 0 Å². The van der Waals surface area contributed by atoms with Crippen molar-refractivity contribution in [3.63, 3.8) is 0 Å². The number of rotatable bonds is 1. The number of carbonyl (C=O) groups is 1. The van der Waals surface area contributed by atoms with Crippen LogP contribution in [0.3, 0.4) is 0 Å². The molecule has 0 heterocycles. The van der Waals surface area contributed by atoms with Crippen LogP contribution >= 0.6 is 11.6 Å². The van der Waals surface area contributed by atoms with Crippen molar-refractivity contribution < 1.29 is 9.53 Å². The van der Waals surface area contributed by atoms with Gasteiger partial charge in [0, 0.05) is 13.5 Å². The van der Waals surface area contributed by atoms with Crippen molar-refractivity contribution >= 4 is 17.4 Å². The van der Waals surface area contributed by atoms with Gasteiger partial charge >= 0.3 is 0 Å². The van der Waals surface area contributed by atoms with E-state index in [1.165, 1.54) is 0 Å². The Morgan fingerprint density at radius 1 is 1.88 bits per heavy atom. The summed E-state index contributed by atoms with van der Waals surface area (Å²) in [6.07, 6.45) is 0.467. The fourth-order valence-corrected chi connectivity index (χ4v) is 0.945. The van der Waals surface area contributed by atoms with E-state index in [-0.39, 0.29) is 17.3 Å². The van der Waals surface area contributed by atoms with E-state index in [1.54, 1.807) is 7.11 Å². The number of ketones is 1. The van der Waals surface area contributed by atoms with E-state index in [2.05, 4.69) is 0 Å². The molecule has 8 heavy (non-hydrogen) atoms. The van der Waals surface area contributed by atoms with Crippen molar-refractivity contribution in [3.8, 4) is 0 Å². The lowest BCUT2D eigenvalue weighted by Gasteiger charge is -2.28. The Kier molecular flexibility index (Phi) is 1.54. The molecule has 0 aromatic rings. The number of carbonyl (C=O) groups excluding carboxylic acids is 1. The Balaban J connectivity index is 2.35. The topological polar surface area (TPSA) is 26.3 Å². The van der Waals surface area contributed by atoms with Crippen LogP contribution in [0.5, 0.6) is 0 Å². The second-order valence-corrected chi connectivity index (χ2v) is 2.32. The molecule has 0 amide bonds. The Labute approximate surface area is 52.8 Å². The number of ether oxygens (including phenoxy) is 1. The zero-order valence-electron chi connectivity index (χ0n) is 4.56. The molecule has 2 atom stereocenters. The minimum Gasteiger partial charge on any atom is -0.379 e. The van der Waals surface area contributed by atoms with Crippen LogP contribution in [0.25, 0.3) is 0 Å². The highest BCUT2D eigenvalue weighted by Crippen LogP contribution is 2.23. The molecule has 0 aliphatic heterocycles. The summed E-state index contributed by atoms with van der Waals surface area (Å²) in [6, 6.07) is 0. The first kappa shape index (κ1) is 6.05. The normalized spacial score (nSPS) is 37.0. The van der Waals surface area contributed by atoms with Crippen LogP contribution in [0.4, 0.5) is 0 Å². The minimum absolute atomic E-state index is 0.0239. The lowest BCUT2D eigenvalue weighted by atomic mass is 9.94. The number of halogens is 1. The average molecular weight is 135 g/mol. The maximum absolute atomic E-state index is 10.4. The molecule has 0 unspecified atom stereocenters. The first-order valence-corrected chi connectivity index (χ1v) is 2.89. The highest BCUT2D eigenvalue weighted by Gasteiger charge is 2.37. The van der Waals surface area contributed by atoms with Gasteiger partial charge in [-0.05, 0) is 0 Å². The average Bonchev–Trinajstić information content (AvgIpc) is 1.81. The van der Waals surface area contributed by atoms with Crippen LogP contribution in [0.2, 0.25) is 0 Å². The summed E-state index contributed by atoms with van der Waals surface area (Å²) in [5, 5.41) is -0.375.